The first-order valence-corrected chi connectivity index (χ1v) is 6.48. The van der Waals surface area contributed by atoms with Crippen LogP contribution in [0.4, 0.5) is 13.6 Å². The highest BCUT2D eigenvalue weighted by Crippen LogP contribution is 2.27. The molecule has 0 fully saturated rings. The third-order valence-electron chi connectivity index (χ3n) is 2.82. The highest BCUT2D eigenvalue weighted by molar-refractivity contribution is 5.64. The van der Waals surface area contributed by atoms with Gasteiger partial charge in [0.15, 0.2) is 11.6 Å². The van der Waals surface area contributed by atoms with Crippen molar-refractivity contribution in [3.05, 3.63) is 53.2 Å². The standard InChI is InChI=1S/C15H11F2N3O3/c16-11-5-9(3-4-19-15(21)22)6-12(17)14(11)23-13-2-1-10(7-18)8-20-13/h1-2,5-6,8,19H,3-4H2,(H,21,22). The molecular formula is C15H11F2N3O3. The van der Waals surface area contributed by atoms with Crippen molar-refractivity contribution in [2.75, 3.05) is 6.54 Å². The molecule has 0 aliphatic rings. The maximum atomic E-state index is 13.9. The van der Waals surface area contributed by atoms with E-state index in [4.69, 9.17) is 15.1 Å². The number of pyridine rings is 1. The van der Waals surface area contributed by atoms with Crippen LogP contribution < -0.4 is 10.1 Å². The Bertz CT molecular complexity index is 735. The number of nitrogens with one attached hydrogen (secondary N) is 1. The number of rotatable bonds is 5. The first kappa shape index (κ1) is 16.2. The van der Waals surface area contributed by atoms with Crippen molar-refractivity contribution in [3.8, 4) is 17.7 Å². The summed E-state index contributed by atoms with van der Waals surface area (Å²) in [4.78, 5) is 14.1. The van der Waals surface area contributed by atoms with Crippen LogP contribution in [-0.4, -0.2) is 22.7 Å². The fourth-order valence-corrected chi connectivity index (χ4v) is 1.78. The van der Waals surface area contributed by atoms with E-state index < -0.39 is 23.5 Å². The topological polar surface area (TPSA) is 95.2 Å². The number of benzene rings is 1. The number of carbonyl (C=O) groups is 1. The minimum Gasteiger partial charge on any atom is -0.465 e. The van der Waals surface area contributed by atoms with Gasteiger partial charge >= 0.3 is 6.09 Å². The van der Waals surface area contributed by atoms with E-state index in [0.717, 1.165) is 12.1 Å². The van der Waals surface area contributed by atoms with Crippen molar-refractivity contribution in [1.29, 1.82) is 5.26 Å². The smallest absolute Gasteiger partial charge is 0.404 e. The van der Waals surface area contributed by atoms with Crippen molar-refractivity contribution < 1.29 is 23.4 Å². The van der Waals surface area contributed by atoms with Crippen LogP contribution in [0.2, 0.25) is 0 Å². The summed E-state index contributed by atoms with van der Waals surface area (Å²) in [5.41, 5.74) is 0.577. The molecule has 2 N–H and O–H groups in total. The Kier molecular flexibility index (Phi) is 5.04. The predicted molar refractivity (Wildman–Crippen MR) is 75.1 cm³/mol. The summed E-state index contributed by atoms with van der Waals surface area (Å²) in [6, 6.07) is 6.71. The lowest BCUT2D eigenvalue weighted by Gasteiger charge is -2.09. The quantitative estimate of drug-likeness (QED) is 0.883. The lowest BCUT2D eigenvalue weighted by Crippen LogP contribution is -2.23. The van der Waals surface area contributed by atoms with Gasteiger partial charge < -0.3 is 15.2 Å². The Morgan fingerprint density at radius 1 is 1.35 bits per heavy atom. The number of aromatic nitrogens is 1. The molecule has 0 saturated carbocycles. The van der Waals surface area contributed by atoms with Crippen LogP contribution in [0, 0.1) is 23.0 Å². The second kappa shape index (κ2) is 7.17. The number of nitrogens with zero attached hydrogens (tertiary/aromatic N) is 2. The van der Waals surface area contributed by atoms with Gasteiger partial charge in [-0.15, -0.1) is 0 Å². The van der Waals surface area contributed by atoms with Crippen LogP contribution in [0.15, 0.2) is 30.5 Å². The second-order valence-corrected chi connectivity index (χ2v) is 4.47. The van der Waals surface area contributed by atoms with Crippen LogP contribution in [0.3, 0.4) is 0 Å². The number of hydrogen-bond acceptors (Lipinski definition) is 4. The average molecular weight is 319 g/mol. The molecule has 0 atom stereocenters. The third kappa shape index (κ3) is 4.38. The van der Waals surface area contributed by atoms with Gasteiger partial charge in [-0.25, -0.2) is 18.6 Å². The van der Waals surface area contributed by atoms with E-state index in [0.29, 0.717) is 5.56 Å². The van der Waals surface area contributed by atoms with Crippen LogP contribution in [0.5, 0.6) is 11.6 Å². The molecule has 2 rings (SSSR count). The van der Waals surface area contributed by atoms with E-state index in [2.05, 4.69) is 10.3 Å². The molecule has 1 heterocycles. The number of amides is 1. The molecule has 1 aromatic carbocycles. The molecule has 0 bridgehead atoms. The van der Waals surface area contributed by atoms with E-state index in [-0.39, 0.29) is 24.4 Å². The number of halogens is 2. The molecule has 0 spiro atoms. The van der Waals surface area contributed by atoms with Gasteiger partial charge in [0.05, 0.1) is 5.56 Å². The fraction of sp³-hybridized carbons (Fsp3) is 0.133. The molecular weight excluding hydrogens is 308 g/mol. The van der Waals surface area contributed by atoms with Crippen molar-refractivity contribution in [3.63, 3.8) is 0 Å². The molecule has 0 unspecified atom stereocenters. The third-order valence-corrected chi connectivity index (χ3v) is 2.82. The van der Waals surface area contributed by atoms with Gasteiger partial charge in [-0.2, -0.15) is 5.26 Å². The maximum Gasteiger partial charge on any atom is 0.404 e. The predicted octanol–water partition coefficient (Wildman–Crippen LogP) is 2.83. The van der Waals surface area contributed by atoms with Crippen LogP contribution >= 0.6 is 0 Å². The molecule has 2 aromatic rings. The molecule has 0 radical (unpaired) electrons. The molecule has 118 valence electrons. The summed E-state index contributed by atoms with van der Waals surface area (Å²) in [5, 5.41) is 19.2. The second-order valence-electron chi connectivity index (χ2n) is 4.47. The maximum absolute atomic E-state index is 13.9. The molecule has 23 heavy (non-hydrogen) atoms. The lowest BCUT2D eigenvalue weighted by molar-refractivity contribution is 0.194. The highest BCUT2D eigenvalue weighted by Gasteiger charge is 2.14. The number of nitriles is 1. The van der Waals surface area contributed by atoms with Crippen molar-refractivity contribution in [1.82, 2.24) is 10.3 Å². The van der Waals surface area contributed by atoms with Gasteiger partial charge in [-0.3, -0.25) is 0 Å². The molecule has 6 nitrogen and oxygen atoms in total. The first-order chi connectivity index (χ1) is 11.0. The number of hydrogen-bond donors (Lipinski definition) is 2. The summed E-state index contributed by atoms with van der Waals surface area (Å²) in [5.74, 6) is -2.53. The normalized spacial score (nSPS) is 9.96. The summed E-state index contributed by atoms with van der Waals surface area (Å²) >= 11 is 0. The first-order valence-electron chi connectivity index (χ1n) is 6.48. The van der Waals surface area contributed by atoms with E-state index >= 15 is 0 Å². The molecule has 1 amide bonds. The van der Waals surface area contributed by atoms with Gasteiger partial charge in [-0.1, -0.05) is 0 Å². The Morgan fingerprint density at radius 2 is 2.04 bits per heavy atom. The van der Waals surface area contributed by atoms with Gasteiger partial charge in [0.25, 0.3) is 0 Å². The number of carboxylic acid groups (broad SMARTS) is 1. The minimum atomic E-state index is -1.21. The van der Waals surface area contributed by atoms with Crippen molar-refractivity contribution >= 4 is 6.09 Å². The van der Waals surface area contributed by atoms with Gasteiger partial charge in [0.1, 0.15) is 6.07 Å². The SMILES string of the molecule is N#Cc1ccc(Oc2c(F)cc(CCNC(=O)O)cc2F)nc1. The highest BCUT2D eigenvalue weighted by atomic mass is 19.1. The Hall–Kier alpha value is -3.21. The van der Waals surface area contributed by atoms with E-state index in [1.54, 1.807) is 0 Å². The minimum absolute atomic E-state index is 0.0333. The molecule has 0 aliphatic carbocycles. The molecule has 0 saturated heterocycles. The zero-order valence-corrected chi connectivity index (χ0v) is 11.7. The zero-order chi connectivity index (χ0) is 16.8. The van der Waals surface area contributed by atoms with Crippen molar-refractivity contribution in [2.45, 2.75) is 6.42 Å². The summed E-state index contributed by atoms with van der Waals surface area (Å²) < 4.78 is 32.9. The van der Waals surface area contributed by atoms with Crippen LogP contribution in [0.25, 0.3) is 0 Å². The monoisotopic (exact) mass is 319 g/mol. The van der Waals surface area contributed by atoms with Gasteiger partial charge in [-0.05, 0) is 30.2 Å². The van der Waals surface area contributed by atoms with E-state index in [1.165, 1.54) is 18.3 Å². The zero-order valence-electron chi connectivity index (χ0n) is 11.7. The molecule has 0 aliphatic heterocycles. The Balaban J connectivity index is 2.13. The fourth-order valence-electron chi connectivity index (χ4n) is 1.78. The largest absolute Gasteiger partial charge is 0.465 e. The van der Waals surface area contributed by atoms with Crippen LogP contribution in [-0.2, 0) is 6.42 Å². The van der Waals surface area contributed by atoms with E-state index in [9.17, 15) is 13.6 Å². The van der Waals surface area contributed by atoms with Gasteiger partial charge in [0.2, 0.25) is 11.6 Å². The van der Waals surface area contributed by atoms with E-state index in [1.807, 2.05) is 6.07 Å². The summed E-state index contributed by atoms with van der Waals surface area (Å²) in [7, 11) is 0. The lowest BCUT2D eigenvalue weighted by atomic mass is 10.1. The summed E-state index contributed by atoms with van der Waals surface area (Å²) in [6.45, 7) is 0.0333. The molecule has 8 heteroatoms. The summed E-state index contributed by atoms with van der Waals surface area (Å²) in [6.07, 6.45) is 0.143. The Labute approximate surface area is 130 Å². The Morgan fingerprint density at radius 3 is 2.57 bits per heavy atom. The van der Waals surface area contributed by atoms with Crippen LogP contribution in [0.1, 0.15) is 11.1 Å². The molecule has 1 aromatic heterocycles. The van der Waals surface area contributed by atoms with Gasteiger partial charge in [0, 0.05) is 18.8 Å². The van der Waals surface area contributed by atoms with Crippen molar-refractivity contribution in [2.24, 2.45) is 0 Å². The average Bonchev–Trinajstić information content (AvgIpc) is 2.51. The number of ether oxygens (including phenoxy) is 1.